The van der Waals surface area contributed by atoms with Crippen LogP contribution in [0.5, 0.6) is 5.75 Å². The van der Waals surface area contributed by atoms with Crippen molar-refractivity contribution < 1.29 is 23.5 Å². The second kappa shape index (κ2) is 5.66. The van der Waals surface area contributed by atoms with Crippen LogP contribution in [0.15, 0.2) is 54.7 Å². The molecule has 2 heterocycles. The molecule has 2 aromatic carbocycles. The van der Waals surface area contributed by atoms with Gasteiger partial charge in [-0.25, -0.2) is 4.79 Å². The first-order valence-electron chi connectivity index (χ1n) is 8.07. The van der Waals surface area contributed by atoms with Crippen molar-refractivity contribution in [1.29, 1.82) is 0 Å². The number of rotatable bonds is 3. The first kappa shape index (κ1) is 15.3. The lowest BCUT2D eigenvalue weighted by Gasteiger charge is -2.06. The van der Waals surface area contributed by atoms with Crippen LogP contribution in [-0.2, 0) is 7.05 Å². The number of anilines is 1. The van der Waals surface area contributed by atoms with E-state index in [9.17, 15) is 9.59 Å². The van der Waals surface area contributed by atoms with Gasteiger partial charge in [-0.15, -0.1) is 9.47 Å². The Morgan fingerprint density at radius 3 is 2.36 bits per heavy atom. The van der Waals surface area contributed by atoms with E-state index in [2.05, 4.69) is 0 Å². The van der Waals surface area contributed by atoms with Crippen molar-refractivity contribution in [2.45, 2.75) is 6.92 Å². The number of ether oxygens (including phenoxy) is 1. The molecule has 0 unspecified atom stereocenters. The maximum absolute atomic E-state index is 13.0. The number of hydrogen-bond acceptors (Lipinski definition) is 3. The molecule has 0 bridgehead atoms. The Bertz CT molecular complexity index is 1010. The van der Waals surface area contributed by atoms with Crippen molar-refractivity contribution >= 4 is 28.7 Å². The molecule has 25 heavy (non-hydrogen) atoms. The summed E-state index contributed by atoms with van der Waals surface area (Å²) in [4.78, 5) is 27.0. The summed E-state index contributed by atoms with van der Waals surface area (Å²) < 4.78 is 8.74. The van der Waals surface area contributed by atoms with Gasteiger partial charge < -0.3 is 4.74 Å². The molecule has 6 heteroatoms. The number of carbonyl (C=O) groups excluding carboxylic acids is 2. The van der Waals surface area contributed by atoms with E-state index in [0.717, 1.165) is 5.52 Å². The van der Waals surface area contributed by atoms with Gasteiger partial charge in [-0.1, -0.05) is 12.1 Å². The lowest BCUT2D eigenvalue weighted by Crippen LogP contribution is -2.49. The molecule has 2 amide bonds. The van der Waals surface area contributed by atoms with E-state index in [4.69, 9.17) is 4.74 Å². The van der Waals surface area contributed by atoms with E-state index in [1.54, 1.807) is 30.5 Å². The molecule has 0 radical (unpaired) electrons. The molecular weight excluding hydrogens is 318 g/mol. The standard InChI is InChI=1S/C19H17N3O3/c1-3-25-14-10-8-13(9-11-14)21-18(23)17-12-20(2)15-6-4-5-7-16(15)22(17)19(21)24/h4-12H,3H2,1-2H3/q+2. The van der Waals surface area contributed by atoms with E-state index in [0.29, 0.717) is 29.3 Å². The Balaban J connectivity index is 1.84. The summed E-state index contributed by atoms with van der Waals surface area (Å²) in [5, 5.41) is 0. The van der Waals surface area contributed by atoms with Crippen LogP contribution in [0.25, 0.3) is 11.0 Å². The second-order valence-corrected chi connectivity index (χ2v) is 5.80. The van der Waals surface area contributed by atoms with Crippen molar-refractivity contribution in [2.75, 3.05) is 11.5 Å². The van der Waals surface area contributed by atoms with Crippen LogP contribution in [0.4, 0.5) is 10.5 Å². The predicted octanol–water partition coefficient (Wildman–Crippen LogP) is 1.98. The normalized spacial score (nSPS) is 13.4. The molecule has 1 aromatic heterocycles. The maximum Gasteiger partial charge on any atom is 0.512 e. The summed E-state index contributed by atoms with van der Waals surface area (Å²) in [6.07, 6.45) is 1.69. The highest BCUT2D eigenvalue weighted by atomic mass is 16.5. The van der Waals surface area contributed by atoms with Gasteiger partial charge in [0.05, 0.1) is 6.61 Å². The van der Waals surface area contributed by atoms with Crippen LogP contribution < -0.4 is 18.8 Å². The van der Waals surface area contributed by atoms with Gasteiger partial charge in [-0.05, 0) is 37.3 Å². The van der Waals surface area contributed by atoms with Crippen molar-refractivity contribution in [3.8, 4) is 5.75 Å². The Kier molecular flexibility index (Phi) is 3.46. The zero-order valence-corrected chi connectivity index (χ0v) is 14.0. The number of benzene rings is 2. The Labute approximate surface area is 144 Å². The van der Waals surface area contributed by atoms with Crippen molar-refractivity contribution in [3.05, 3.63) is 60.4 Å². The lowest BCUT2D eigenvalue weighted by atomic mass is 10.2. The number of amides is 2. The maximum atomic E-state index is 13.0. The van der Waals surface area contributed by atoms with Crippen LogP contribution in [0, 0.1) is 0 Å². The minimum absolute atomic E-state index is 0.337. The monoisotopic (exact) mass is 335 g/mol. The summed E-state index contributed by atoms with van der Waals surface area (Å²) in [6, 6.07) is 14.1. The van der Waals surface area contributed by atoms with Gasteiger partial charge in [0.15, 0.2) is 0 Å². The van der Waals surface area contributed by atoms with Gasteiger partial charge in [0, 0.05) is 6.07 Å². The van der Waals surface area contributed by atoms with Crippen molar-refractivity contribution in [3.63, 3.8) is 0 Å². The van der Waals surface area contributed by atoms with Crippen LogP contribution in [0.1, 0.15) is 17.4 Å². The molecule has 0 N–H and O–H groups in total. The third-order valence-corrected chi connectivity index (χ3v) is 4.27. The summed E-state index contributed by atoms with van der Waals surface area (Å²) in [6.45, 7) is 2.46. The summed E-state index contributed by atoms with van der Waals surface area (Å²) in [5.41, 5.74) is 2.45. The first-order valence-corrected chi connectivity index (χ1v) is 8.07. The molecule has 1 aliphatic rings. The lowest BCUT2D eigenvalue weighted by molar-refractivity contribution is -0.664. The molecule has 0 aliphatic carbocycles. The molecule has 0 saturated heterocycles. The number of aryl methyl sites for hydroxylation is 1. The van der Waals surface area contributed by atoms with E-state index >= 15 is 0 Å². The van der Waals surface area contributed by atoms with Crippen molar-refractivity contribution in [1.82, 2.24) is 0 Å². The zero-order valence-electron chi connectivity index (χ0n) is 14.0. The summed E-state index contributed by atoms with van der Waals surface area (Å²) in [5.74, 6) is 0.364. The molecular formula is C19H17N3O3+2. The largest absolute Gasteiger partial charge is 0.512 e. The van der Waals surface area contributed by atoms with Gasteiger partial charge in [0.1, 0.15) is 18.5 Å². The molecule has 0 fully saturated rings. The highest BCUT2D eigenvalue weighted by Gasteiger charge is 2.50. The SMILES string of the molecule is CCOc1ccc(N2C(=O)c3c[n+](C)c4ccccc4[n+]3C2=O)cc1. The van der Waals surface area contributed by atoms with E-state index in [1.807, 2.05) is 42.8 Å². The predicted molar refractivity (Wildman–Crippen MR) is 90.5 cm³/mol. The number of hydrogen-bond donors (Lipinski definition) is 0. The molecule has 4 rings (SSSR count). The highest BCUT2D eigenvalue weighted by molar-refractivity contribution is 6.21. The van der Waals surface area contributed by atoms with Gasteiger partial charge >= 0.3 is 11.9 Å². The minimum Gasteiger partial charge on any atom is -0.494 e. The number of aromatic nitrogens is 2. The van der Waals surface area contributed by atoms with E-state index in [-0.39, 0.29) is 11.9 Å². The second-order valence-electron chi connectivity index (χ2n) is 5.80. The molecule has 1 aliphatic heterocycles. The topological polar surface area (TPSA) is 54.4 Å². The van der Waals surface area contributed by atoms with Gasteiger partial charge in [0.25, 0.3) is 11.2 Å². The average Bonchev–Trinajstić information content (AvgIpc) is 2.87. The van der Waals surface area contributed by atoms with Crippen LogP contribution >= 0.6 is 0 Å². The molecule has 124 valence electrons. The number of nitrogens with zero attached hydrogens (tertiary/aromatic N) is 3. The quantitative estimate of drug-likeness (QED) is 0.688. The van der Waals surface area contributed by atoms with Crippen LogP contribution in [0.3, 0.4) is 0 Å². The number of carbonyl (C=O) groups is 2. The summed E-state index contributed by atoms with van der Waals surface area (Å²) >= 11 is 0. The fraction of sp³-hybridized carbons (Fsp3) is 0.158. The van der Waals surface area contributed by atoms with Gasteiger partial charge in [0.2, 0.25) is 11.7 Å². The molecule has 0 spiro atoms. The first-order chi connectivity index (χ1) is 12.1. The van der Waals surface area contributed by atoms with Crippen LogP contribution in [-0.4, -0.2) is 18.5 Å². The minimum atomic E-state index is -0.374. The fourth-order valence-electron chi connectivity index (χ4n) is 3.14. The third kappa shape index (κ3) is 2.26. The third-order valence-electron chi connectivity index (χ3n) is 4.27. The van der Waals surface area contributed by atoms with Crippen LogP contribution in [0.2, 0.25) is 0 Å². The Morgan fingerprint density at radius 2 is 1.68 bits per heavy atom. The Morgan fingerprint density at radius 1 is 1.00 bits per heavy atom. The van der Waals surface area contributed by atoms with Gasteiger partial charge in [-0.3, -0.25) is 0 Å². The van der Waals surface area contributed by atoms with Gasteiger partial charge in [-0.2, -0.15) is 9.36 Å². The number of fused-ring (bicyclic) bond motifs is 3. The smallest absolute Gasteiger partial charge is 0.494 e. The molecule has 3 aromatic rings. The molecule has 6 nitrogen and oxygen atoms in total. The van der Waals surface area contributed by atoms with E-state index < -0.39 is 0 Å². The zero-order chi connectivity index (χ0) is 17.6. The van der Waals surface area contributed by atoms with E-state index in [1.165, 1.54) is 9.47 Å². The highest BCUT2D eigenvalue weighted by Crippen LogP contribution is 2.24. The fourth-order valence-corrected chi connectivity index (χ4v) is 3.14. The Hall–Kier alpha value is -3.28. The summed E-state index contributed by atoms with van der Waals surface area (Å²) in [7, 11) is 1.86. The average molecular weight is 335 g/mol. The molecule has 0 saturated carbocycles. The number of imide groups is 1. The van der Waals surface area contributed by atoms with Crippen molar-refractivity contribution in [2.24, 2.45) is 7.05 Å². The molecule has 0 atom stereocenters. The number of para-hydroxylation sites is 2.